The molecule has 4 rings (SSSR count). The van der Waals surface area contributed by atoms with Gasteiger partial charge in [0, 0.05) is 17.5 Å². The highest BCUT2D eigenvalue weighted by atomic mass is 32.2. The van der Waals surface area contributed by atoms with Crippen LogP contribution in [-0.2, 0) is 14.8 Å². The molecule has 1 saturated heterocycles. The number of amides is 1. The third kappa shape index (κ3) is 3.88. The molecule has 0 aliphatic carbocycles. The van der Waals surface area contributed by atoms with Crippen LogP contribution in [0.1, 0.15) is 19.3 Å². The van der Waals surface area contributed by atoms with Gasteiger partial charge in [-0.05, 0) is 24.3 Å². The number of carbonyl (C=O) groups excluding carboxylic acids is 1. The lowest BCUT2D eigenvalue weighted by atomic mass is 10.0. The van der Waals surface area contributed by atoms with Gasteiger partial charge in [-0.2, -0.15) is 4.31 Å². The highest BCUT2D eigenvalue weighted by Crippen LogP contribution is 2.29. The number of nitrogens with one attached hydrogen (secondary N) is 1. The van der Waals surface area contributed by atoms with Crippen molar-refractivity contribution in [3.8, 4) is 11.3 Å². The fourth-order valence-corrected chi connectivity index (χ4v) is 6.74. The van der Waals surface area contributed by atoms with Gasteiger partial charge in [0.05, 0.1) is 5.69 Å². The molecule has 0 saturated carbocycles. The summed E-state index contributed by atoms with van der Waals surface area (Å²) in [6.45, 7) is 0.353. The van der Waals surface area contributed by atoms with Gasteiger partial charge in [-0.1, -0.05) is 42.8 Å². The topological polar surface area (TPSA) is 79.4 Å². The van der Waals surface area contributed by atoms with Crippen LogP contribution < -0.4 is 5.32 Å². The van der Waals surface area contributed by atoms with Crippen LogP contribution in [0.2, 0.25) is 0 Å². The Hall–Kier alpha value is -2.07. The first-order valence-corrected chi connectivity index (χ1v) is 12.1. The van der Waals surface area contributed by atoms with E-state index in [0.29, 0.717) is 18.1 Å². The molecule has 9 heteroatoms. The number of hydrogen-bond acceptors (Lipinski definition) is 6. The van der Waals surface area contributed by atoms with Gasteiger partial charge >= 0.3 is 0 Å². The number of carbonyl (C=O) groups is 1. The maximum atomic E-state index is 12.9. The minimum absolute atomic E-state index is 0.271. The van der Waals surface area contributed by atoms with Crippen LogP contribution in [0.5, 0.6) is 0 Å². The molecular weight excluding hydrogens is 414 g/mol. The quantitative estimate of drug-likeness (QED) is 0.658. The maximum Gasteiger partial charge on any atom is 0.253 e. The molecule has 0 radical (unpaired) electrons. The van der Waals surface area contributed by atoms with Crippen molar-refractivity contribution in [1.82, 2.24) is 9.29 Å². The zero-order valence-electron chi connectivity index (χ0n) is 14.9. The van der Waals surface area contributed by atoms with Gasteiger partial charge in [-0.25, -0.2) is 13.4 Å². The Balaban J connectivity index is 1.53. The fourth-order valence-electron chi connectivity index (χ4n) is 3.24. The smallest absolute Gasteiger partial charge is 0.253 e. The van der Waals surface area contributed by atoms with Gasteiger partial charge in [0.15, 0.2) is 5.13 Å². The van der Waals surface area contributed by atoms with Crippen LogP contribution in [-0.4, -0.2) is 36.2 Å². The van der Waals surface area contributed by atoms with E-state index in [9.17, 15) is 13.2 Å². The molecule has 1 N–H and O–H groups in total. The van der Waals surface area contributed by atoms with Gasteiger partial charge < -0.3 is 5.32 Å². The van der Waals surface area contributed by atoms with Crippen LogP contribution in [0.3, 0.4) is 0 Å². The Morgan fingerprint density at radius 3 is 2.68 bits per heavy atom. The van der Waals surface area contributed by atoms with Gasteiger partial charge in [0.2, 0.25) is 5.91 Å². The van der Waals surface area contributed by atoms with Crippen LogP contribution >= 0.6 is 22.7 Å². The molecule has 146 valence electrons. The van der Waals surface area contributed by atoms with Crippen LogP contribution in [0.15, 0.2) is 57.4 Å². The van der Waals surface area contributed by atoms with Gasteiger partial charge in [-0.3, -0.25) is 4.79 Å². The second-order valence-corrected chi connectivity index (χ2v) is 10.4. The first-order valence-electron chi connectivity index (χ1n) is 8.93. The molecule has 28 heavy (non-hydrogen) atoms. The van der Waals surface area contributed by atoms with E-state index in [0.717, 1.165) is 24.1 Å². The highest BCUT2D eigenvalue weighted by molar-refractivity contribution is 7.91. The molecule has 3 aromatic rings. The number of piperidine rings is 1. The SMILES string of the molecule is O=C(Nc1nc(-c2ccccc2)cs1)[C@@H]1CCCCN1S(=O)(=O)c1cccs1. The molecule has 0 spiro atoms. The van der Waals surface area contributed by atoms with Crippen molar-refractivity contribution in [2.45, 2.75) is 29.5 Å². The summed E-state index contributed by atoms with van der Waals surface area (Å²) in [5, 5.41) is 6.90. The minimum atomic E-state index is -3.67. The standard InChI is InChI=1S/C19H19N3O3S3/c23-18(21-19-20-15(13-27-19)14-7-2-1-3-8-14)16-9-4-5-11-22(16)28(24,25)17-10-6-12-26-17/h1-3,6-8,10,12-13,16H,4-5,9,11H2,(H,20,21,23)/t16-/m0/s1. The van der Waals surface area contributed by atoms with Crippen LogP contribution in [0.4, 0.5) is 5.13 Å². The number of aromatic nitrogens is 1. The van der Waals surface area contributed by atoms with Gasteiger partial charge in [-0.15, -0.1) is 22.7 Å². The van der Waals surface area contributed by atoms with E-state index in [2.05, 4.69) is 10.3 Å². The van der Waals surface area contributed by atoms with E-state index in [1.807, 2.05) is 35.7 Å². The van der Waals surface area contributed by atoms with Crippen molar-refractivity contribution < 1.29 is 13.2 Å². The number of nitrogens with zero attached hydrogens (tertiary/aromatic N) is 2. The molecule has 1 amide bonds. The minimum Gasteiger partial charge on any atom is -0.301 e. The van der Waals surface area contributed by atoms with Crippen molar-refractivity contribution in [2.75, 3.05) is 11.9 Å². The summed E-state index contributed by atoms with van der Waals surface area (Å²) in [6.07, 6.45) is 2.08. The second kappa shape index (κ2) is 8.12. The van der Waals surface area contributed by atoms with E-state index in [1.165, 1.54) is 27.0 Å². The third-order valence-corrected chi connectivity index (χ3v) is 8.66. The molecular formula is C19H19N3O3S3. The maximum absolute atomic E-state index is 12.9. The summed E-state index contributed by atoms with van der Waals surface area (Å²) in [5.74, 6) is -0.325. The van der Waals surface area contributed by atoms with E-state index < -0.39 is 16.1 Å². The van der Waals surface area contributed by atoms with E-state index >= 15 is 0 Å². The number of thiophene rings is 1. The van der Waals surface area contributed by atoms with Crippen molar-refractivity contribution in [3.05, 3.63) is 53.2 Å². The molecule has 0 unspecified atom stereocenters. The molecule has 1 atom stereocenters. The molecule has 0 bridgehead atoms. The van der Waals surface area contributed by atoms with E-state index in [1.54, 1.807) is 17.5 Å². The van der Waals surface area contributed by atoms with Crippen LogP contribution in [0, 0.1) is 0 Å². The summed E-state index contributed by atoms with van der Waals surface area (Å²) in [7, 11) is -3.67. The molecule has 1 fully saturated rings. The fraction of sp³-hybridized carbons (Fsp3) is 0.263. The average molecular weight is 434 g/mol. The number of thiazole rings is 1. The molecule has 1 aromatic carbocycles. The van der Waals surface area contributed by atoms with E-state index in [-0.39, 0.29) is 10.1 Å². The summed E-state index contributed by atoms with van der Waals surface area (Å²) in [5.41, 5.74) is 1.76. The zero-order chi connectivity index (χ0) is 19.6. The Kier molecular flexibility index (Phi) is 5.58. The highest BCUT2D eigenvalue weighted by Gasteiger charge is 2.38. The Morgan fingerprint density at radius 1 is 1.11 bits per heavy atom. The first-order chi connectivity index (χ1) is 13.6. The Labute approximate surface area is 171 Å². The number of sulfonamides is 1. The largest absolute Gasteiger partial charge is 0.301 e. The van der Waals surface area contributed by atoms with Crippen molar-refractivity contribution in [1.29, 1.82) is 0 Å². The number of rotatable bonds is 5. The first kappa shape index (κ1) is 19.3. The number of benzene rings is 1. The summed E-state index contributed by atoms with van der Waals surface area (Å²) in [6, 6.07) is 12.3. The molecule has 6 nitrogen and oxygen atoms in total. The lowest BCUT2D eigenvalue weighted by Gasteiger charge is -2.32. The van der Waals surface area contributed by atoms with Crippen LogP contribution in [0.25, 0.3) is 11.3 Å². The zero-order valence-corrected chi connectivity index (χ0v) is 17.4. The monoisotopic (exact) mass is 433 g/mol. The predicted molar refractivity (Wildman–Crippen MR) is 112 cm³/mol. The molecule has 1 aliphatic rings. The Bertz CT molecular complexity index is 1050. The summed E-state index contributed by atoms with van der Waals surface area (Å²) in [4.78, 5) is 17.4. The van der Waals surface area contributed by atoms with Crippen molar-refractivity contribution in [3.63, 3.8) is 0 Å². The van der Waals surface area contributed by atoms with Crippen molar-refractivity contribution >= 4 is 43.7 Å². The summed E-state index contributed by atoms with van der Waals surface area (Å²) < 4.78 is 27.5. The predicted octanol–water partition coefficient (Wildman–Crippen LogP) is 4.05. The molecule has 1 aliphatic heterocycles. The average Bonchev–Trinajstić information content (AvgIpc) is 3.41. The lowest BCUT2D eigenvalue weighted by molar-refractivity contribution is -0.120. The molecule has 2 aromatic heterocycles. The summed E-state index contributed by atoms with van der Waals surface area (Å²) >= 11 is 2.50. The molecule has 3 heterocycles. The van der Waals surface area contributed by atoms with E-state index in [4.69, 9.17) is 0 Å². The van der Waals surface area contributed by atoms with Gasteiger partial charge in [0.25, 0.3) is 10.0 Å². The van der Waals surface area contributed by atoms with Crippen molar-refractivity contribution in [2.24, 2.45) is 0 Å². The number of anilines is 1. The number of hydrogen-bond donors (Lipinski definition) is 1. The van der Waals surface area contributed by atoms with Gasteiger partial charge in [0.1, 0.15) is 10.3 Å². The second-order valence-electron chi connectivity index (χ2n) is 6.45. The normalized spacial score (nSPS) is 18.1. The lowest BCUT2D eigenvalue weighted by Crippen LogP contribution is -2.49. The third-order valence-electron chi connectivity index (χ3n) is 4.62. The Morgan fingerprint density at radius 2 is 1.93 bits per heavy atom.